The first kappa shape index (κ1) is 21.8. The van der Waals surface area contributed by atoms with Crippen LogP contribution in [0.25, 0.3) is 5.82 Å². The average Bonchev–Trinajstić information content (AvgIpc) is 3.44. The maximum Gasteiger partial charge on any atom is 0.338 e. The Labute approximate surface area is 197 Å². The SMILES string of the molecule is Cc1cc(-n2cc(CN3CC(=O)N(C)[C@H](c4ccc5c(c4C)COC5=O)C3)cn2)ncc1C#N. The average molecular weight is 457 g/mol. The van der Waals surface area contributed by atoms with Gasteiger partial charge in [-0.05, 0) is 42.7 Å². The van der Waals surface area contributed by atoms with Crippen LogP contribution in [-0.2, 0) is 22.7 Å². The standard InChI is InChI=1S/C25H24N6O3/c1-15-6-23(27-9-18(15)7-26)31-11-17(8-28-31)10-30-12-22(29(3)24(32)13-30)19-4-5-20-21(16(19)2)14-34-25(20)33/h4-6,8-9,11,22H,10,12-14H2,1-3H3/t22-/m0/s1. The van der Waals surface area contributed by atoms with Crippen molar-refractivity contribution < 1.29 is 14.3 Å². The van der Waals surface area contributed by atoms with Crippen LogP contribution in [0.4, 0.5) is 0 Å². The number of pyridine rings is 1. The number of hydrogen-bond acceptors (Lipinski definition) is 7. The van der Waals surface area contributed by atoms with Gasteiger partial charge in [0, 0.05) is 43.7 Å². The van der Waals surface area contributed by atoms with E-state index in [-0.39, 0.29) is 24.5 Å². The fraction of sp³-hybridized carbons (Fsp3) is 0.320. The van der Waals surface area contributed by atoms with Crippen LogP contribution in [-0.4, -0.2) is 56.6 Å². The summed E-state index contributed by atoms with van der Waals surface area (Å²) in [4.78, 5) is 33.0. The molecule has 1 amide bonds. The second-order valence-corrected chi connectivity index (χ2v) is 8.83. The number of likely N-dealkylation sites (N-methyl/N-ethyl adjacent to an activating group) is 1. The number of carbonyl (C=O) groups is 2. The Bertz CT molecular complexity index is 1360. The topological polar surface area (TPSA) is 104 Å². The molecule has 172 valence electrons. The zero-order chi connectivity index (χ0) is 24.0. The molecule has 0 N–H and O–H groups in total. The van der Waals surface area contributed by atoms with Gasteiger partial charge in [0.15, 0.2) is 5.82 Å². The lowest BCUT2D eigenvalue weighted by Gasteiger charge is -2.40. The summed E-state index contributed by atoms with van der Waals surface area (Å²) in [5.41, 5.74) is 5.90. The van der Waals surface area contributed by atoms with E-state index in [1.165, 1.54) is 0 Å². The summed E-state index contributed by atoms with van der Waals surface area (Å²) < 4.78 is 6.87. The molecule has 1 aromatic carbocycles. The van der Waals surface area contributed by atoms with Gasteiger partial charge in [0.25, 0.3) is 0 Å². The quantitative estimate of drug-likeness (QED) is 0.556. The molecular weight excluding hydrogens is 432 g/mol. The summed E-state index contributed by atoms with van der Waals surface area (Å²) in [6.45, 7) is 5.69. The number of nitrogens with zero attached hydrogens (tertiary/aromatic N) is 6. The minimum Gasteiger partial charge on any atom is -0.457 e. The van der Waals surface area contributed by atoms with Crippen molar-refractivity contribution >= 4 is 11.9 Å². The predicted molar refractivity (Wildman–Crippen MR) is 122 cm³/mol. The Morgan fingerprint density at radius 1 is 1.24 bits per heavy atom. The number of ether oxygens (including phenoxy) is 1. The van der Waals surface area contributed by atoms with E-state index in [4.69, 9.17) is 10.00 Å². The lowest BCUT2D eigenvalue weighted by Crippen LogP contribution is -2.50. The predicted octanol–water partition coefficient (Wildman–Crippen LogP) is 2.44. The highest BCUT2D eigenvalue weighted by Crippen LogP contribution is 2.33. The molecule has 2 aliphatic rings. The van der Waals surface area contributed by atoms with E-state index in [9.17, 15) is 9.59 Å². The van der Waals surface area contributed by atoms with Crippen molar-refractivity contribution in [1.29, 1.82) is 5.26 Å². The maximum atomic E-state index is 12.8. The number of benzene rings is 1. The largest absolute Gasteiger partial charge is 0.457 e. The van der Waals surface area contributed by atoms with Gasteiger partial charge in [-0.15, -0.1) is 0 Å². The van der Waals surface area contributed by atoms with Crippen LogP contribution in [0.5, 0.6) is 0 Å². The monoisotopic (exact) mass is 456 g/mol. The highest BCUT2D eigenvalue weighted by molar-refractivity contribution is 5.94. The van der Waals surface area contributed by atoms with E-state index in [0.717, 1.165) is 27.8 Å². The number of nitriles is 1. The molecule has 1 atom stereocenters. The molecule has 3 aromatic rings. The Morgan fingerprint density at radius 2 is 2.06 bits per heavy atom. The zero-order valence-electron chi connectivity index (χ0n) is 19.3. The van der Waals surface area contributed by atoms with Crippen molar-refractivity contribution in [2.75, 3.05) is 20.1 Å². The molecule has 34 heavy (non-hydrogen) atoms. The first-order chi connectivity index (χ1) is 16.4. The lowest BCUT2D eigenvalue weighted by molar-refractivity contribution is -0.138. The fourth-order valence-corrected chi connectivity index (χ4v) is 4.67. The second kappa shape index (κ2) is 8.39. The molecule has 0 saturated carbocycles. The van der Waals surface area contributed by atoms with Crippen molar-refractivity contribution in [3.8, 4) is 11.9 Å². The summed E-state index contributed by atoms with van der Waals surface area (Å²) in [7, 11) is 1.83. The molecule has 9 nitrogen and oxygen atoms in total. The first-order valence-electron chi connectivity index (χ1n) is 11.0. The number of carbonyl (C=O) groups excluding carboxylic acids is 2. The van der Waals surface area contributed by atoms with Crippen molar-refractivity contribution in [1.82, 2.24) is 24.6 Å². The van der Waals surface area contributed by atoms with Crippen LogP contribution in [0.15, 0.2) is 36.8 Å². The number of hydrogen-bond donors (Lipinski definition) is 0. The molecule has 1 fully saturated rings. The van der Waals surface area contributed by atoms with Gasteiger partial charge < -0.3 is 9.64 Å². The van der Waals surface area contributed by atoms with Gasteiger partial charge in [-0.3, -0.25) is 9.69 Å². The van der Waals surface area contributed by atoms with Crippen LogP contribution >= 0.6 is 0 Å². The molecular formula is C25H24N6O3. The van der Waals surface area contributed by atoms with Gasteiger partial charge in [0.2, 0.25) is 5.91 Å². The summed E-state index contributed by atoms with van der Waals surface area (Å²) in [5.74, 6) is 0.393. The van der Waals surface area contributed by atoms with Crippen LogP contribution in [0.1, 0.15) is 49.8 Å². The number of aryl methyl sites for hydroxylation is 1. The molecule has 0 spiro atoms. The number of fused-ring (bicyclic) bond motifs is 1. The first-order valence-corrected chi connectivity index (χ1v) is 11.0. The van der Waals surface area contributed by atoms with Gasteiger partial charge in [0.05, 0.1) is 29.9 Å². The third-order valence-corrected chi connectivity index (χ3v) is 6.71. The van der Waals surface area contributed by atoms with Crippen molar-refractivity contribution in [2.24, 2.45) is 0 Å². The summed E-state index contributed by atoms with van der Waals surface area (Å²) in [6.07, 6.45) is 5.22. The fourth-order valence-electron chi connectivity index (χ4n) is 4.67. The van der Waals surface area contributed by atoms with Crippen molar-refractivity contribution in [3.63, 3.8) is 0 Å². The maximum absolute atomic E-state index is 12.8. The van der Waals surface area contributed by atoms with E-state index in [1.807, 2.05) is 39.2 Å². The van der Waals surface area contributed by atoms with E-state index in [0.29, 0.717) is 36.6 Å². The van der Waals surface area contributed by atoms with E-state index in [1.54, 1.807) is 28.0 Å². The van der Waals surface area contributed by atoms with Gasteiger partial charge in [-0.2, -0.15) is 10.4 Å². The van der Waals surface area contributed by atoms with Crippen LogP contribution < -0.4 is 0 Å². The number of amides is 1. The summed E-state index contributed by atoms with van der Waals surface area (Å²) in [5, 5.41) is 13.5. The minimum atomic E-state index is -0.289. The number of cyclic esters (lactones) is 1. The van der Waals surface area contributed by atoms with E-state index >= 15 is 0 Å². The Hall–Kier alpha value is -4.03. The molecule has 4 heterocycles. The molecule has 0 radical (unpaired) electrons. The highest BCUT2D eigenvalue weighted by Gasteiger charge is 2.34. The Balaban J connectivity index is 1.36. The lowest BCUT2D eigenvalue weighted by atomic mass is 9.92. The molecule has 0 bridgehead atoms. The van der Waals surface area contributed by atoms with Gasteiger partial charge >= 0.3 is 5.97 Å². The van der Waals surface area contributed by atoms with E-state index < -0.39 is 0 Å². The molecule has 2 aliphatic heterocycles. The van der Waals surface area contributed by atoms with Crippen molar-refractivity contribution in [3.05, 3.63) is 75.7 Å². The van der Waals surface area contributed by atoms with Crippen LogP contribution in [0, 0.1) is 25.2 Å². The second-order valence-electron chi connectivity index (χ2n) is 8.83. The molecule has 1 saturated heterocycles. The van der Waals surface area contributed by atoms with Crippen LogP contribution in [0.2, 0.25) is 0 Å². The molecule has 0 aliphatic carbocycles. The molecule has 0 unspecified atom stereocenters. The van der Waals surface area contributed by atoms with Gasteiger partial charge in [-0.1, -0.05) is 6.07 Å². The molecule has 2 aromatic heterocycles. The van der Waals surface area contributed by atoms with Crippen LogP contribution in [0.3, 0.4) is 0 Å². The zero-order valence-corrected chi connectivity index (χ0v) is 19.3. The summed E-state index contributed by atoms with van der Waals surface area (Å²) in [6, 6.07) is 7.57. The Morgan fingerprint density at radius 3 is 2.82 bits per heavy atom. The third kappa shape index (κ3) is 3.72. The number of rotatable bonds is 4. The normalized spacial score (nSPS) is 18.1. The number of aromatic nitrogens is 3. The van der Waals surface area contributed by atoms with E-state index in [2.05, 4.69) is 21.1 Å². The number of piperazine rings is 1. The minimum absolute atomic E-state index is 0.0419. The summed E-state index contributed by atoms with van der Waals surface area (Å²) >= 11 is 0. The molecule has 9 heteroatoms. The highest BCUT2D eigenvalue weighted by atomic mass is 16.5. The third-order valence-electron chi connectivity index (χ3n) is 6.71. The van der Waals surface area contributed by atoms with Crippen molar-refractivity contribution in [2.45, 2.75) is 33.0 Å². The Kier molecular flexibility index (Phi) is 5.38. The van der Waals surface area contributed by atoms with Gasteiger partial charge in [-0.25, -0.2) is 14.5 Å². The number of esters is 1. The smallest absolute Gasteiger partial charge is 0.338 e. The van der Waals surface area contributed by atoms with Gasteiger partial charge in [0.1, 0.15) is 12.7 Å². The molecule has 5 rings (SSSR count).